The van der Waals surface area contributed by atoms with E-state index < -0.39 is 12.0 Å². The number of nitrogens with zero attached hydrogens (tertiary/aromatic N) is 3. The summed E-state index contributed by atoms with van der Waals surface area (Å²) in [5.74, 6) is -0.0736. The van der Waals surface area contributed by atoms with Gasteiger partial charge in [0.05, 0.1) is 4.70 Å². The van der Waals surface area contributed by atoms with E-state index in [4.69, 9.17) is 5.11 Å². The Labute approximate surface area is 137 Å². The number of nitrogens with one attached hydrogen (secondary N) is 1. The summed E-state index contributed by atoms with van der Waals surface area (Å²) in [6, 6.07) is 6.88. The highest BCUT2D eigenvalue weighted by Gasteiger charge is 2.25. The van der Waals surface area contributed by atoms with E-state index in [1.54, 1.807) is 4.90 Å². The second kappa shape index (κ2) is 6.41. The largest absolute Gasteiger partial charge is 0.480 e. The third kappa shape index (κ3) is 3.21. The number of urea groups is 1. The number of carboxylic acid groups (broad SMARTS) is 1. The van der Waals surface area contributed by atoms with E-state index in [1.165, 1.54) is 18.5 Å². The molecular formula is C15H18N4O3S. The van der Waals surface area contributed by atoms with Gasteiger partial charge in [0.15, 0.2) is 0 Å². The van der Waals surface area contributed by atoms with Crippen LogP contribution < -0.4 is 10.2 Å². The lowest BCUT2D eigenvalue weighted by Crippen LogP contribution is -2.54. The molecule has 1 aliphatic heterocycles. The summed E-state index contributed by atoms with van der Waals surface area (Å²) in [7, 11) is 0. The topological polar surface area (TPSA) is 85.8 Å². The van der Waals surface area contributed by atoms with Crippen LogP contribution in [0.3, 0.4) is 0 Å². The third-order valence-corrected chi connectivity index (χ3v) is 4.75. The lowest BCUT2D eigenvalue weighted by molar-refractivity contribution is -0.138. The average Bonchev–Trinajstić information content (AvgIpc) is 2.99. The number of anilines is 1. The second-order valence-corrected chi connectivity index (χ2v) is 6.29. The summed E-state index contributed by atoms with van der Waals surface area (Å²) in [4.78, 5) is 26.7. The van der Waals surface area contributed by atoms with Crippen molar-refractivity contribution in [2.24, 2.45) is 0 Å². The van der Waals surface area contributed by atoms with Crippen LogP contribution in [0.1, 0.15) is 6.92 Å². The van der Waals surface area contributed by atoms with Crippen LogP contribution >= 0.6 is 11.5 Å². The van der Waals surface area contributed by atoms with Crippen molar-refractivity contribution in [1.29, 1.82) is 0 Å². The van der Waals surface area contributed by atoms with Crippen molar-refractivity contribution in [3.8, 4) is 0 Å². The van der Waals surface area contributed by atoms with Crippen LogP contribution in [0.5, 0.6) is 0 Å². The molecule has 2 N–H and O–H groups in total. The van der Waals surface area contributed by atoms with Crippen molar-refractivity contribution < 1.29 is 14.7 Å². The van der Waals surface area contributed by atoms with Crippen LogP contribution in [-0.4, -0.2) is 58.6 Å². The van der Waals surface area contributed by atoms with Gasteiger partial charge >= 0.3 is 12.0 Å². The molecule has 3 rings (SSSR count). The minimum absolute atomic E-state index is 0.331. The van der Waals surface area contributed by atoms with Crippen molar-refractivity contribution >= 4 is 39.4 Å². The molecule has 0 aliphatic carbocycles. The van der Waals surface area contributed by atoms with Crippen molar-refractivity contribution in [1.82, 2.24) is 14.6 Å². The number of aromatic nitrogens is 1. The van der Waals surface area contributed by atoms with Crippen LogP contribution in [0, 0.1) is 0 Å². The van der Waals surface area contributed by atoms with Crippen molar-refractivity contribution in [3.05, 3.63) is 24.3 Å². The molecule has 1 aromatic heterocycles. The zero-order valence-electron chi connectivity index (χ0n) is 12.7. The van der Waals surface area contributed by atoms with Crippen molar-refractivity contribution in [2.45, 2.75) is 13.0 Å². The maximum absolute atomic E-state index is 12.0. The molecule has 1 aromatic carbocycles. The van der Waals surface area contributed by atoms with Crippen molar-refractivity contribution in [2.75, 3.05) is 31.1 Å². The number of aliphatic carboxylic acids is 1. The molecule has 8 heteroatoms. The van der Waals surface area contributed by atoms with Gasteiger partial charge in [0, 0.05) is 31.6 Å². The first-order chi connectivity index (χ1) is 11.1. The summed E-state index contributed by atoms with van der Waals surface area (Å²) in [5, 5.41) is 12.5. The number of hydrogen-bond donors (Lipinski definition) is 2. The molecular weight excluding hydrogens is 316 g/mol. The molecule has 0 unspecified atom stereocenters. The normalized spacial score (nSPS) is 16.4. The Kier molecular flexibility index (Phi) is 4.33. The van der Waals surface area contributed by atoms with Crippen LogP contribution in [-0.2, 0) is 4.79 Å². The van der Waals surface area contributed by atoms with Gasteiger partial charge in [-0.05, 0) is 30.6 Å². The van der Waals surface area contributed by atoms with E-state index in [9.17, 15) is 9.59 Å². The van der Waals surface area contributed by atoms with E-state index in [2.05, 4.69) is 20.7 Å². The Morgan fingerprint density at radius 1 is 1.26 bits per heavy atom. The Bertz CT molecular complexity index is 724. The molecule has 0 radical (unpaired) electrons. The molecule has 2 amide bonds. The molecule has 1 fully saturated rings. The fourth-order valence-corrected chi connectivity index (χ4v) is 3.36. The zero-order valence-corrected chi connectivity index (χ0v) is 13.5. The first kappa shape index (κ1) is 15.5. The molecule has 1 saturated heterocycles. The number of fused-ring (bicyclic) bond motifs is 1. The lowest BCUT2D eigenvalue weighted by atomic mass is 10.2. The van der Waals surface area contributed by atoms with Gasteiger partial charge in [-0.2, -0.15) is 4.37 Å². The summed E-state index contributed by atoms with van der Waals surface area (Å²) in [5.41, 5.74) is 0. The number of carboxylic acids is 1. The Morgan fingerprint density at radius 2 is 1.96 bits per heavy atom. The van der Waals surface area contributed by atoms with Crippen LogP contribution in [0.15, 0.2) is 24.3 Å². The van der Waals surface area contributed by atoms with Gasteiger partial charge < -0.3 is 20.2 Å². The number of amides is 2. The highest BCUT2D eigenvalue weighted by molar-refractivity contribution is 7.13. The number of carbonyl (C=O) groups excluding carboxylic acids is 1. The molecule has 2 heterocycles. The number of rotatable bonds is 3. The van der Waals surface area contributed by atoms with Gasteiger partial charge in [0.1, 0.15) is 11.9 Å². The Morgan fingerprint density at radius 3 is 2.65 bits per heavy atom. The molecule has 7 nitrogen and oxygen atoms in total. The Hall–Kier alpha value is -2.35. The maximum Gasteiger partial charge on any atom is 0.325 e. The monoisotopic (exact) mass is 334 g/mol. The summed E-state index contributed by atoms with van der Waals surface area (Å²) >= 11 is 1.48. The number of piperazine rings is 1. The van der Waals surface area contributed by atoms with E-state index in [0.29, 0.717) is 26.2 Å². The van der Waals surface area contributed by atoms with Crippen LogP contribution in [0.25, 0.3) is 10.1 Å². The molecule has 0 saturated carbocycles. The van der Waals surface area contributed by atoms with Gasteiger partial charge in [-0.15, -0.1) is 0 Å². The van der Waals surface area contributed by atoms with E-state index in [1.807, 2.05) is 18.2 Å². The molecule has 23 heavy (non-hydrogen) atoms. The fourth-order valence-electron chi connectivity index (χ4n) is 2.56. The highest BCUT2D eigenvalue weighted by atomic mass is 32.1. The van der Waals surface area contributed by atoms with Gasteiger partial charge in [-0.25, -0.2) is 4.79 Å². The standard InChI is InChI=1S/C15H18N4O3S/c1-10(14(20)21)16-15(22)19-8-6-18(7-9-19)13-11-4-2-3-5-12(11)23-17-13/h2-5,10H,6-9H2,1H3,(H,16,22)(H,20,21)/t10-/m0/s1. The molecule has 1 aliphatic rings. The lowest BCUT2D eigenvalue weighted by Gasteiger charge is -2.35. The second-order valence-electron chi connectivity index (χ2n) is 5.49. The molecule has 2 aromatic rings. The van der Waals surface area contributed by atoms with Crippen LogP contribution in [0.2, 0.25) is 0 Å². The van der Waals surface area contributed by atoms with E-state index in [-0.39, 0.29) is 6.03 Å². The van der Waals surface area contributed by atoms with Crippen molar-refractivity contribution in [3.63, 3.8) is 0 Å². The maximum atomic E-state index is 12.0. The number of hydrogen-bond acceptors (Lipinski definition) is 5. The van der Waals surface area contributed by atoms with Gasteiger partial charge in [-0.1, -0.05) is 12.1 Å². The molecule has 0 bridgehead atoms. The fraction of sp³-hybridized carbons (Fsp3) is 0.400. The summed E-state index contributed by atoms with van der Waals surface area (Å²) < 4.78 is 5.68. The smallest absolute Gasteiger partial charge is 0.325 e. The van der Waals surface area contributed by atoms with E-state index in [0.717, 1.165) is 15.9 Å². The SMILES string of the molecule is C[C@H](NC(=O)N1CCN(c2nsc3ccccc23)CC1)C(=O)O. The molecule has 122 valence electrons. The quantitative estimate of drug-likeness (QED) is 0.890. The number of benzene rings is 1. The predicted molar refractivity (Wildman–Crippen MR) is 89.0 cm³/mol. The first-order valence-corrected chi connectivity index (χ1v) is 8.21. The third-order valence-electron chi connectivity index (χ3n) is 3.94. The molecule has 0 spiro atoms. The zero-order chi connectivity index (χ0) is 16.4. The summed E-state index contributed by atoms with van der Waals surface area (Å²) in [6.45, 7) is 3.91. The van der Waals surface area contributed by atoms with Gasteiger partial charge in [0.25, 0.3) is 0 Å². The molecule has 1 atom stereocenters. The minimum Gasteiger partial charge on any atom is -0.480 e. The van der Waals surface area contributed by atoms with Gasteiger partial charge in [-0.3, -0.25) is 4.79 Å². The minimum atomic E-state index is -1.04. The summed E-state index contributed by atoms with van der Waals surface area (Å²) in [6.07, 6.45) is 0. The van der Waals surface area contributed by atoms with E-state index >= 15 is 0 Å². The number of carbonyl (C=O) groups is 2. The van der Waals surface area contributed by atoms with Crippen LogP contribution in [0.4, 0.5) is 10.6 Å². The Balaban J connectivity index is 1.62. The first-order valence-electron chi connectivity index (χ1n) is 7.44. The average molecular weight is 334 g/mol. The highest BCUT2D eigenvalue weighted by Crippen LogP contribution is 2.29. The predicted octanol–water partition coefficient (Wildman–Crippen LogP) is 1.60. The van der Waals surface area contributed by atoms with Gasteiger partial charge in [0.2, 0.25) is 0 Å².